The van der Waals surface area contributed by atoms with E-state index in [9.17, 15) is 9.59 Å². The third-order valence-electron chi connectivity index (χ3n) is 5.47. The molecule has 1 saturated heterocycles. The largest absolute Gasteiger partial charge is 0.346 e. The summed E-state index contributed by atoms with van der Waals surface area (Å²) in [7, 11) is 0. The quantitative estimate of drug-likeness (QED) is 0.674. The van der Waals surface area contributed by atoms with E-state index in [-0.39, 0.29) is 17.0 Å². The molecule has 0 aliphatic carbocycles. The minimum Gasteiger partial charge on any atom is -0.346 e. The number of hydrogen-bond acceptors (Lipinski definition) is 5. The second kappa shape index (κ2) is 8.51. The third-order valence-corrected chi connectivity index (χ3v) is 6.38. The lowest BCUT2D eigenvalue weighted by molar-refractivity contribution is 0.0949. The van der Waals surface area contributed by atoms with E-state index in [0.29, 0.717) is 13.1 Å². The van der Waals surface area contributed by atoms with E-state index >= 15 is 0 Å². The standard InChI is InChI=1S/C21H27N5O2S/c1-14-4-3-8-25(9-7-14)12-16-5-6-18(20(28)23-16)19(27)22-10-17-13-26-11-15(2)29-21(26)24-17/h5-6,11,13-14H,3-4,7-10,12H2,1-2H3,(H,22,27)(H,23,28). The molecule has 1 unspecified atom stereocenters. The molecule has 154 valence electrons. The maximum Gasteiger partial charge on any atom is 0.261 e. The van der Waals surface area contributed by atoms with Crippen molar-refractivity contribution in [3.8, 4) is 0 Å². The van der Waals surface area contributed by atoms with Gasteiger partial charge in [0.05, 0.1) is 12.2 Å². The summed E-state index contributed by atoms with van der Waals surface area (Å²) in [6.07, 6.45) is 7.55. The number of pyridine rings is 1. The Bertz CT molecular complexity index is 1040. The number of rotatable bonds is 5. The Morgan fingerprint density at radius 3 is 2.97 bits per heavy atom. The van der Waals surface area contributed by atoms with Crippen LogP contribution in [0.5, 0.6) is 0 Å². The van der Waals surface area contributed by atoms with Crippen LogP contribution in [0.15, 0.2) is 29.3 Å². The van der Waals surface area contributed by atoms with Crippen LogP contribution in [0.4, 0.5) is 0 Å². The van der Waals surface area contributed by atoms with Crippen molar-refractivity contribution in [3.63, 3.8) is 0 Å². The fourth-order valence-electron chi connectivity index (χ4n) is 3.82. The van der Waals surface area contributed by atoms with Gasteiger partial charge in [-0.25, -0.2) is 4.98 Å². The van der Waals surface area contributed by atoms with Gasteiger partial charge >= 0.3 is 0 Å². The van der Waals surface area contributed by atoms with Gasteiger partial charge in [0.2, 0.25) is 0 Å². The highest BCUT2D eigenvalue weighted by atomic mass is 32.1. The number of aromatic amines is 1. The summed E-state index contributed by atoms with van der Waals surface area (Å²) < 4.78 is 1.95. The molecule has 1 fully saturated rings. The fraction of sp³-hybridized carbons (Fsp3) is 0.476. The Hall–Kier alpha value is -2.45. The second-order valence-electron chi connectivity index (χ2n) is 7.99. The van der Waals surface area contributed by atoms with Crippen LogP contribution in [-0.2, 0) is 13.1 Å². The number of H-pyrrole nitrogens is 1. The predicted molar refractivity (Wildman–Crippen MR) is 114 cm³/mol. The summed E-state index contributed by atoms with van der Waals surface area (Å²) in [6.45, 7) is 7.44. The average molecular weight is 414 g/mol. The summed E-state index contributed by atoms with van der Waals surface area (Å²) in [5.41, 5.74) is 1.42. The van der Waals surface area contributed by atoms with Crippen LogP contribution in [0.2, 0.25) is 0 Å². The molecule has 0 spiro atoms. The normalized spacial score (nSPS) is 18.1. The van der Waals surface area contributed by atoms with Crippen LogP contribution >= 0.6 is 11.3 Å². The van der Waals surface area contributed by atoms with Crippen LogP contribution in [-0.4, -0.2) is 38.3 Å². The molecule has 0 bridgehead atoms. The van der Waals surface area contributed by atoms with E-state index in [1.54, 1.807) is 17.4 Å². The molecule has 2 N–H and O–H groups in total. The average Bonchev–Trinajstić information content (AvgIpc) is 3.13. The number of aromatic nitrogens is 3. The SMILES string of the molecule is Cc1cn2cc(CNC(=O)c3ccc(CN4CCCC(C)CC4)[nH]c3=O)nc2s1. The van der Waals surface area contributed by atoms with Crippen molar-refractivity contribution in [1.29, 1.82) is 0 Å². The number of carbonyl (C=O) groups excluding carboxylic acids is 1. The topological polar surface area (TPSA) is 82.5 Å². The fourth-order valence-corrected chi connectivity index (χ4v) is 4.65. The number of carbonyl (C=O) groups is 1. The van der Waals surface area contributed by atoms with Crippen molar-refractivity contribution in [2.45, 2.75) is 46.2 Å². The Balaban J connectivity index is 1.37. The van der Waals surface area contributed by atoms with Crippen molar-refractivity contribution < 1.29 is 4.79 Å². The van der Waals surface area contributed by atoms with Gasteiger partial charge in [-0.1, -0.05) is 6.92 Å². The van der Waals surface area contributed by atoms with Gasteiger partial charge in [-0.3, -0.25) is 18.9 Å². The highest BCUT2D eigenvalue weighted by molar-refractivity contribution is 7.16. The van der Waals surface area contributed by atoms with Gasteiger partial charge in [-0.2, -0.15) is 0 Å². The molecule has 7 nitrogen and oxygen atoms in total. The van der Waals surface area contributed by atoms with Gasteiger partial charge in [0.25, 0.3) is 11.5 Å². The van der Waals surface area contributed by atoms with Gasteiger partial charge in [0, 0.05) is 29.5 Å². The van der Waals surface area contributed by atoms with Gasteiger partial charge in [0.15, 0.2) is 4.96 Å². The van der Waals surface area contributed by atoms with E-state index in [2.05, 4.69) is 27.1 Å². The molecule has 4 rings (SSSR count). The number of thiazole rings is 1. The van der Waals surface area contributed by atoms with E-state index in [1.165, 1.54) is 24.1 Å². The summed E-state index contributed by atoms with van der Waals surface area (Å²) >= 11 is 1.60. The smallest absolute Gasteiger partial charge is 0.261 e. The lowest BCUT2D eigenvalue weighted by Crippen LogP contribution is -2.31. The molecule has 1 aliphatic rings. The molecule has 3 aromatic heterocycles. The second-order valence-corrected chi connectivity index (χ2v) is 9.20. The molecular formula is C21H27N5O2S. The Labute approximate surface area is 173 Å². The molecule has 0 saturated carbocycles. The van der Waals surface area contributed by atoms with Gasteiger partial charge < -0.3 is 10.3 Å². The van der Waals surface area contributed by atoms with Crippen LogP contribution in [0.1, 0.15) is 52.8 Å². The summed E-state index contributed by atoms with van der Waals surface area (Å²) in [4.78, 5) is 36.7. The molecule has 29 heavy (non-hydrogen) atoms. The van der Waals surface area contributed by atoms with Crippen LogP contribution < -0.4 is 10.9 Å². The molecule has 1 amide bonds. The Kier molecular flexibility index (Phi) is 5.82. The van der Waals surface area contributed by atoms with Crippen molar-refractivity contribution in [2.24, 2.45) is 5.92 Å². The lowest BCUT2D eigenvalue weighted by atomic mass is 10.0. The van der Waals surface area contributed by atoms with Gasteiger partial charge in [0.1, 0.15) is 5.56 Å². The monoisotopic (exact) mass is 413 g/mol. The van der Waals surface area contributed by atoms with Crippen molar-refractivity contribution in [3.05, 3.63) is 56.7 Å². The molecule has 0 radical (unpaired) electrons. The molecular weight excluding hydrogens is 386 g/mol. The van der Waals surface area contributed by atoms with Gasteiger partial charge in [-0.15, -0.1) is 11.3 Å². The molecule has 3 aromatic rings. The van der Waals surface area contributed by atoms with Crippen molar-refractivity contribution >= 4 is 22.2 Å². The zero-order valence-electron chi connectivity index (χ0n) is 16.9. The lowest BCUT2D eigenvalue weighted by Gasteiger charge is -2.19. The van der Waals surface area contributed by atoms with Crippen LogP contribution in [0.25, 0.3) is 4.96 Å². The van der Waals surface area contributed by atoms with E-state index in [1.807, 2.05) is 29.8 Å². The van der Waals surface area contributed by atoms with Crippen molar-refractivity contribution in [1.82, 2.24) is 24.6 Å². The van der Waals surface area contributed by atoms with Crippen LogP contribution in [0, 0.1) is 12.8 Å². The first kappa shape index (κ1) is 19.8. The highest BCUT2D eigenvalue weighted by Gasteiger charge is 2.16. The van der Waals surface area contributed by atoms with E-state index in [4.69, 9.17) is 0 Å². The number of likely N-dealkylation sites (tertiary alicyclic amines) is 1. The number of imidazole rings is 1. The number of fused-ring (bicyclic) bond motifs is 1. The van der Waals surface area contributed by atoms with Crippen molar-refractivity contribution in [2.75, 3.05) is 13.1 Å². The van der Waals surface area contributed by atoms with E-state index < -0.39 is 0 Å². The number of nitrogens with zero attached hydrogens (tertiary/aromatic N) is 3. The van der Waals surface area contributed by atoms with Gasteiger partial charge in [-0.05, 0) is 57.3 Å². The Morgan fingerprint density at radius 2 is 2.17 bits per heavy atom. The molecule has 4 heterocycles. The first-order chi connectivity index (χ1) is 14.0. The summed E-state index contributed by atoms with van der Waals surface area (Å²) in [6, 6.07) is 3.47. The van der Waals surface area contributed by atoms with Crippen LogP contribution in [0.3, 0.4) is 0 Å². The Morgan fingerprint density at radius 1 is 1.31 bits per heavy atom. The molecule has 1 atom stereocenters. The zero-order valence-corrected chi connectivity index (χ0v) is 17.7. The minimum absolute atomic E-state index is 0.134. The number of hydrogen-bond donors (Lipinski definition) is 2. The predicted octanol–water partition coefficient (Wildman–Crippen LogP) is 2.94. The maximum absolute atomic E-state index is 12.5. The first-order valence-electron chi connectivity index (χ1n) is 10.1. The molecule has 1 aliphatic heterocycles. The molecule has 8 heteroatoms. The van der Waals surface area contributed by atoms with E-state index in [0.717, 1.165) is 35.4 Å². The first-order valence-corrected chi connectivity index (χ1v) is 11.0. The maximum atomic E-state index is 12.5. The zero-order chi connectivity index (χ0) is 20.4. The summed E-state index contributed by atoms with van der Waals surface area (Å²) in [5.74, 6) is 0.384. The summed E-state index contributed by atoms with van der Waals surface area (Å²) in [5, 5.41) is 2.79. The highest BCUT2D eigenvalue weighted by Crippen LogP contribution is 2.18. The number of amides is 1. The molecule has 0 aromatic carbocycles. The number of nitrogens with one attached hydrogen (secondary N) is 2. The minimum atomic E-state index is -0.381. The number of aryl methyl sites for hydroxylation is 1. The third kappa shape index (κ3) is 4.76.